The van der Waals surface area contributed by atoms with Crippen LogP contribution in [0, 0.1) is 29.6 Å². The lowest BCUT2D eigenvalue weighted by Crippen LogP contribution is -2.31. The molecule has 0 heteroatoms. The molecular formula is C28H58. The molecule has 0 saturated carbocycles. The summed E-state index contributed by atoms with van der Waals surface area (Å²) in [5, 5.41) is 0. The van der Waals surface area contributed by atoms with Crippen molar-refractivity contribution in [1.29, 1.82) is 0 Å². The molecule has 0 aromatic carbocycles. The molecule has 4 unspecified atom stereocenters. The van der Waals surface area contributed by atoms with Gasteiger partial charge in [0.1, 0.15) is 0 Å². The van der Waals surface area contributed by atoms with Crippen molar-refractivity contribution in [2.24, 2.45) is 29.6 Å². The summed E-state index contributed by atoms with van der Waals surface area (Å²) in [6.07, 6.45) is 23.0. The van der Waals surface area contributed by atoms with Gasteiger partial charge in [0.25, 0.3) is 0 Å². The van der Waals surface area contributed by atoms with Gasteiger partial charge >= 0.3 is 0 Å². The van der Waals surface area contributed by atoms with E-state index in [-0.39, 0.29) is 0 Å². The Kier molecular flexibility index (Phi) is 19.0. The van der Waals surface area contributed by atoms with E-state index in [1.807, 2.05) is 0 Å². The quantitative estimate of drug-likeness (QED) is 0.180. The Morgan fingerprint density at radius 2 is 0.857 bits per heavy atom. The highest BCUT2D eigenvalue weighted by atomic mass is 14.4. The Labute approximate surface area is 181 Å². The Bertz CT molecular complexity index is 305. The fourth-order valence-corrected chi connectivity index (χ4v) is 5.49. The molecule has 0 spiro atoms. The molecule has 0 nitrogen and oxygen atoms in total. The number of unbranched alkanes of at least 4 members (excludes halogenated alkanes) is 10. The smallest absolute Gasteiger partial charge is 0.0334 e. The maximum Gasteiger partial charge on any atom is -0.0334 e. The molecule has 0 fully saturated rings. The van der Waals surface area contributed by atoms with Crippen molar-refractivity contribution in [2.75, 3.05) is 0 Å². The molecule has 0 aliphatic rings. The maximum atomic E-state index is 2.60. The first kappa shape index (κ1) is 28.0. The third-order valence-corrected chi connectivity index (χ3v) is 7.44. The van der Waals surface area contributed by atoms with Gasteiger partial charge in [0.05, 0.1) is 0 Å². The Balaban J connectivity index is 4.69. The summed E-state index contributed by atoms with van der Waals surface area (Å²) in [7, 11) is 0. The lowest BCUT2D eigenvalue weighted by molar-refractivity contribution is 0.110. The van der Waals surface area contributed by atoms with Gasteiger partial charge in [-0.15, -0.1) is 0 Å². The van der Waals surface area contributed by atoms with Crippen molar-refractivity contribution in [2.45, 2.75) is 151 Å². The average molecular weight is 395 g/mol. The van der Waals surface area contributed by atoms with E-state index in [0.717, 1.165) is 29.6 Å². The molecule has 170 valence electrons. The molecule has 0 radical (unpaired) electrons. The first-order valence-corrected chi connectivity index (χ1v) is 13.5. The minimum atomic E-state index is 0.833. The van der Waals surface area contributed by atoms with Gasteiger partial charge in [-0.25, -0.2) is 0 Å². The van der Waals surface area contributed by atoms with Gasteiger partial charge in [-0.2, -0.15) is 0 Å². The van der Waals surface area contributed by atoms with Crippen LogP contribution in [0.5, 0.6) is 0 Å². The van der Waals surface area contributed by atoms with Gasteiger partial charge in [0.15, 0.2) is 0 Å². The van der Waals surface area contributed by atoms with Crippen LogP contribution in [-0.2, 0) is 0 Å². The summed E-state index contributed by atoms with van der Waals surface area (Å²) in [6, 6.07) is 0. The first-order chi connectivity index (χ1) is 13.5. The van der Waals surface area contributed by atoms with Crippen LogP contribution in [0.25, 0.3) is 0 Å². The summed E-state index contributed by atoms with van der Waals surface area (Å²) >= 11 is 0. The van der Waals surface area contributed by atoms with Gasteiger partial charge in [0, 0.05) is 0 Å². The van der Waals surface area contributed by atoms with Crippen molar-refractivity contribution < 1.29 is 0 Å². The summed E-state index contributed by atoms with van der Waals surface area (Å²) in [4.78, 5) is 0. The topological polar surface area (TPSA) is 0 Å². The summed E-state index contributed by atoms with van der Waals surface area (Å²) in [5.74, 6) is 4.50. The number of hydrogen-bond donors (Lipinski definition) is 0. The Hall–Kier alpha value is 0. The highest BCUT2D eigenvalue weighted by Crippen LogP contribution is 2.40. The molecule has 0 bridgehead atoms. The monoisotopic (exact) mass is 394 g/mol. The van der Waals surface area contributed by atoms with Crippen LogP contribution in [0.4, 0.5) is 0 Å². The van der Waals surface area contributed by atoms with Gasteiger partial charge in [-0.3, -0.25) is 0 Å². The number of rotatable bonds is 20. The van der Waals surface area contributed by atoms with Gasteiger partial charge in [-0.1, -0.05) is 151 Å². The van der Waals surface area contributed by atoms with Crippen molar-refractivity contribution in [3.05, 3.63) is 0 Å². The third kappa shape index (κ3) is 13.3. The molecule has 0 saturated heterocycles. The van der Waals surface area contributed by atoms with E-state index in [4.69, 9.17) is 0 Å². The normalized spacial score (nSPS) is 16.3. The lowest BCUT2D eigenvalue weighted by atomic mass is 9.67. The second-order valence-corrected chi connectivity index (χ2v) is 10.3. The van der Waals surface area contributed by atoms with Crippen molar-refractivity contribution in [3.63, 3.8) is 0 Å². The molecule has 0 aromatic heterocycles. The molecule has 0 aliphatic carbocycles. The van der Waals surface area contributed by atoms with E-state index >= 15 is 0 Å². The maximum absolute atomic E-state index is 2.60. The standard InChI is InChI=1S/C28H58/c1-8-11-14-16-17-19-21-25(6)26(7)28(24(4)5)27(22-18-13-10-3)23-20-15-12-9-2/h24-28H,8-23H2,1-7H3. The van der Waals surface area contributed by atoms with Crippen LogP contribution >= 0.6 is 0 Å². The SMILES string of the molecule is CCCCCCCCC(C)C(C)C(C(C)C)C(CCCCC)CCCCCC. The summed E-state index contributed by atoms with van der Waals surface area (Å²) in [6.45, 7) is 17.2. The van der Waals surface area contributed by atoms with Crippen LogP contribution < -0.4 is 0 Å². The molecule has 0 amide bonds. The van der Waals surface area contributed by atoms with E-state index < -0.39 is 0 Å². The van der Waals surface area contributed by atoms with Crippen molar-refractivity contribution >= 4 is 0 Å². The van der Waals surface area contributed by atoms with Crippen molar-refractivity contribution in [1.82, 2.24) is 0 Å². The Morgan fingerprint density at radius 3 is 1.39 bits per heavy atom. The highest BCUT2D eigenvalue weighted by Gasteiger charge is 2.31. The van der Waals surface area contributed by atoms with E-state index in [1.165, 1.54) is 103 Å². The molecule has 4 atom stereocenters. The second-order valence-electron chi connectivity index (χ2n) is 10.3. The summed E-state index contributed by atoms with van der Waals surface area (Å²) in [5.41, 5.74) is 0. The van der Waals surface area contributed by atoms with Crippen LogP contribution in [0.15, 0.2) is 0 Å². The van der Waals surface area contributed by atoms with Crippen LogP contribution in [0.3, 0.4) is 0 Å². The molecule has 0 aromatic rings. The predicted molar refractivity (Wildman–Crippen MR) is 131 cm³/mol. The molecular weight excluding hydrogens is 336 g/mol. The van der Waals surface area contributed by atoms with Gasteiger partial charge in [0.2, 0.25) is 0 Å². The fraction of sp³-hybridized carbons (Fsp3) is 1.00. The Morgan fingerprint density at radius 1 is 0.464 bits per heavy atom. The zero-order chi connectivity index (χ0) is 21.2. The van der Waals surface area contributed by atoms with Crippen LogP contribution in [0.1, 0.15) is 151 Å². The molecule has 0 heterocycles. The van der Waals surface area contributed by atoms with Crippen molar-refractivity contribution in [3.8, 4) is 0 Å². The third-order valence-electron chi connectivity index (χ3n) is 7.44. The highest BCUT2D eigenvalue weighted by molar-refractivity contribution is 4.81. The van der Waals surface area contributed by atoms with Crippen LogP contribution in [0.2, 0.25) is 0 Å². The van der Waals surface area contributed by atoms with E-state index in [1.54, 1.807) is 0 Å². The minimum absolute atomic E-state index is 0.833. The van der Waals surface area contributed by atoms with Crippen LogP contribution in [-0.4, -0.2) is 0 Å². The molecule has 28 heavy (non-hydrogen) atoms. The zero-order valence-corrected chi connectivity index (χ0v) is 21.2. The van der Waals surface area contributed by atoms with E-state index in [0.29, 0.717) is 0 Å². The molecule has 0 N–H and O–H groups in total. The van der Waals surface area contributed by atoms with E-state index in [9.17, 15) is 0 Å². The van der Waals surface area contributed by atoms with E-state index in [2.05, 4.69) is 48.5 Å². The second kappa shape index (κ2) is 19.0. The molecule has 0 aliphatic heterocycles. The summed E-state index contributed by atoms with van der Waals surface area (Å²) < 4.78 is 0. The first-order valence-electron chi connectivity index (χ1n) is 13.5. The predicted octanol–water partition coefficient (Wildman–Crippen LogP) is 10.4. The largest absolute Gasteiger partial charge is 0.0654 e. The zero-order valence-electron chi connectivity index (χ0n) is 21.2. The minimum Gasteiger partial charge on any atom is -0.0654 e. The van der Waals surface area contributed by atoms with Gasteiger partial charge < -0.3 is 0 Å². The fourth-order valence-electron chi connectivity index (χ4n) is 5.49. The average Bonchev–Trinajstić information content (AvgIpc) is 2.67. The lowest BCUT2D eigenvalue weighted by Gasteiger charge is -2.38. The molecule has 0 rings (SSSR count). The van der Waals surface area contributed by atoms with Gasteiger partial charge in [-0.05, 0) is 29.6 Å². The number of hydrogen-bond acceptors (Lipinski definition) is 0.